The normalized spacial score (nSPS) is 16.9. The molecule has 11 aromatic carbocycles. The van der Waals surface area contributed by atoms with Gasteiger partial charge in [0.05, 0.1) is 60.9 Å². The van der Waals surface area contributed by atoms with Gasteiger partial charge in [-0.25, -0.2) is 0 Å². The van der Waals surface area contributed by atoms with Crippen molar-refractivity contribution in [2.24, 2.45) is 0 Å². The average Bonchev–Trinajstić information content (AvgIpc) is 1.20. The molecule has 6 heterocycles. The van der Waals surface area contributed by atoms with Gasteiger partial charge in [0.1, 0.15) is 0 Å². The Morgan fingerprint density at radius 3 is 1.31 bits per heavy atom. The number of hydrogen-bond donors (Lipinski definition) is 1. The predicted molar refractivity (Wildman–Crippen MR) is 347 cm³/mol. The molecule has 388 valence electrons. The minimum Gasteiger partial charge on any atom is -0.386 e. The van der Waals surface area contributed by atoms with Gasteiger partial charge in [-0.1, -0.05) is 212 Å². The van der Waals surface area contributed by atoms with E-state index < -0.39 is 128 Å². The Kier molecular flexibility index (Phi) is 7.09. The number of nitrogens with one attached hydrogen (secondary N) is 1. The summed E-state index contributed by atoms with van der Waals surface area (Å²) in [5.41, 5.74) is 6.37. The van der Waals surface area contributed by atoms with Crippen LogP contribution in [0.3, 0.4) is 0 Å². The van der Waals surface area contributed by atoms with Crippen LogP contribution in [0.2, 0.25) is 0 Å². The third-order valence-corrected chi connectivity index (χ3v) is 16.2. The van der Waals surface area contributed by atoms with E-state index in [0.717, 1.165) is 43.6 Å². The molecule has 1 N–H and O–H groups in total. The van der Waals surface area contributed by atoms with Gasteiger partial charge in [0, 0.05) is 103 Å². The summed E-state index contributed by atoms with van der Waals surface area (Å²) < 4.78 is 190. The van der Waals surface area contributed by atoms with Gasteiger partial charge in [-0.2, -0.15) is 0 Å². The Balaban J connectivity index is 1.07. The van der Waals surface area contributed by atoms with Crippen molar-refractivity contribution in [2.45, 2.75) is 0 Å². The van der Waals surface area contributed by atoms with Crippen molar-refractivity contribution in [3.05, 3.63) is 308 Å². The van der Waals surface area contributed by atoms with Crippen LogP contribution in [0, 0.1) is 0 Å². The summed E-state index contributed by atoms with van der Waals surface area (Å²) in [6, 6.07) is 35.8. The number of nitrogens with zero attached hydrogens (tertiary/aromatic N) is 5. The molecule has 3 aliphatic rings. The fraction of sp³-hybridized carbons (Fsp3) is 0.0132. The molecular formula is C76H51BN6. The maximum atomic E-state index is 9.71. The zero-order chi connectivity index (χ0) is 71.9. The Morgan fingerprint density at radius 1 is 0.410 bits per heavy atom. The SMILES string of the molecule is [2H]c1c([2H])c([2H])c(C2=CNCC(c3c([2H])c([2H])c([2H])c([2H])c3[2H])=C2N2c3cc(-n4c5ccccc5c5ccccc54)ccc3B3c4ccc(-n5c6ccccc6c6ccccc65)cc4N(c4c(-c5c([2H])c([2H])c([2H])c([2H])c5[2H])cncc4-c4c([2H])c([2H])c([2H])c([2H])c4[2H])c4cccc2c43)c([2H])c1[2H]. The average molecular weight is 1080 g/mol. The smallest absolute Gasteiger partial charge is 0.252 e. The second-order valence-corrected chi connectivity index (χ2v) is 20.4. The van der Waals surface area contributed by atoms with Crippen molar-refractivity contribution >= 4 is 106 Å². The van der Waals surface area contributed by atoms with Gasteiger partial charge < -0.3 is 24.3 Å². The first-order valence-corrected chi connectivity index (χ1v) is 27.0. The lowest BCUT2D eigenvalue weighted by atomic mass is 9.33. The summed E-state index contributed by atoms with van der Waals surface area (Å²) in [4.78, 5) is 8.29. The minimum atomic E-state index is -0.863. The van der Waals surface area contributed by atoms with Crippen LogP contribution in [-0.2, 0) is 0 Å². The van der Waals surface area contributed by atoms with Crippen molar-refractivity contribution in [3.63, 3.8) is 0 Å². The summed E-state index contributed by atoms with van der Waals surface area (Å²) in [5.74, 6) is 0. The predicted octanol–water partition coefficient (Wildman–Crippen LogP) is 16.4. The van der Waals surface area contributed by atoms with Gasteiger partial charge in [0.25, 0.3) is 6.71 Å². The van der Waals surface area contributed by atoms with E-state index in [-0.39, 0.29) is 62.5 Å². The number of aromatic nitrogens is 3. The summed E-state index contributed by atoms with van der Waals surface area (Å²) in [6.45, 7) is -1.11. The molecule has 7 heteroatoms. The number of allylic oxidation sites excluding steroid dienone is 1. The van der Waals surface area contributed by atoms with E-state index in [9.17, 15) is 11.0 Å². The molecule has 0 aliphatic carbocycles. The Morgan fingerprint density at radius 2 is 0.831 bits per heavy atom. The summed E-state index contributed by atoms with van der Waals surface area (Å²) >= 11 is 0. The third-order valence-electron chi connectivity index (χ3n) is 16.2. The van der Waals surface area contributed by atoms with E-state index in [0.29, 0.717) is 50.5 Å². The molecule has 14 aromatic rings. The van der Waals surface area contributed by atoms with Crippen LogP contribution in [0.1, 0.15) is 38.5 Å². The van der Waals surface area contributed by atoms with Crippen LogP contribution in [0.5, 0.6) is 0 Å². The lowest BCUT2D eigenvalue weighted by Gasteiger charge is -2.46. The second kappa shape index (κ2) is 18.9. The first-order valence-electron chi connectivity index (χ1n) is 37.0. The largest absolute Gasteiger partial charge is 0.386 e. The quantitative estimate of drug-likeness (QED) is 0.154. The standard InChI is InChI=1S/C76H51BN6/c1-5-22-50(23-6-1)60-46-78-47-61(51-24-7-2-8-25-51)75(60)82-70-38-21-39-71-74(70)77(64-42-40-54(44-72(64)82)80-66-34-17-13-30-56(66)57-31-14-18-35-67(57)80)65-43-41-55(81-68-36-19-15-32-58(68)59-33-16-20-37-69(59)81)45-73(65)83(71)76-62(52-26-9-3-10-27-52)48-79-49-63(76)53-28-11-4-12-29-53/h1-48,79H,49H2/i1D,2D,3D,4D,5D,6D,7D,8D,9D,10D,11D,12D,22D,23D,24D,25D,26D,27D,28D,29D. The molecule has 0 saturated heterocycles. The van der Waals surface area contributed by atoms with Gasteiger partial charge >= 0.3 is 0 Å². The number of rotatable bonds is 8. The van der Waals surface area contributed by atoms with E-state index in [1.807, 2.05) is 144 Å². The van der Waals surface area contributed by atoms with E-state index in [1.54, 1.807) is 17.0 Å². The van der Waals surface area contributed by atoms with Gasteiger partial charge in [0.15, 0.2) is 0 Å². The van der Waals surface area contributed by atoms with Crippen molar-refractivity contribution < 1.29 is 27.4 Å². The van der Waals surface area contributed by atoms with Crippen LogP contribution in [0.4, 0.5) is 28.4 Å². The Hall–Kier alpha value is -10.9. The number of benzene rings is 11. The molecule has 0 unspecified atom stereocenters. The van der Waals surface area contributed by atoms with E-state index in [4.69, 9.17) is 16.4 Å². The number of hydrogen-bond acceptors (Lipinski definition) is 4. The highest BCUT2D eigenvalue weighted by Crippen LogP contribution is 2.51. The van der Waals surface area contributed by atoms with Gasteiger partial charge in [-0.3, -0.25) is 4.98 Å². The summed E-state index contributed by atoms with van der Waals surface area (Å²) in [7, 11) is 0. The molecule has 0 radical (unpaired) electrons. The minimum absolute atomic E-state index is 0.0284. The summed E-state index contributed by atoms with van der Waals surface area (Å²) in [6.07, 6.45) is 4.14. The molecule has 0 spiro atoms. The highest BCUT2D eigenvalue weighted by atomic mass is 15.2. The van der Waals surface area contributed by atoms with Crippen molar-refractivity contribution in [1.29, 1.82) is 0 Å². The van der Waals surface area contributed by atoms with E-state index in [1.165, 1.54) is 18.6 Å². The molecule has 3 aliphatic heterocycles. The number of anilines is 5. The zero-order valence-electron chi connectivity index (χ0n) is 63.7. The third kappa shape index (κ3) is 7.21. The fourth-order valence-corrected chi connectivity index (χ4v) is 12.9. The van der Waals surface area contributed by atoms with Crippen LogP contribution < -0.4 is 31.5 Å². The van der Waals surface area contributed by atoms with Gasteiger partial charge in [0.2, 0.25) is 0 Å². The fourth-order valence-electron chi connectivity index (χ4n) is 12.9. The molecular weight excluding hydrogens is 1010 g/mol. The van der Waals surface area contributed by atoms with E-state index >= 15 is 0 Å². The zero-order valence-corrected chi connectivity index (χ0v) is 43.7. The molecule has 0 atom stereocenters. The Labute approximate surface area is 509 Å². The van der Waals surface area contributed by atoms with Crippen molar-refractivity contribution in [2.75, 3.05) is 16.3 Å². The molecule has 0 fully saturated rings. The highest BCUT2D eigenvalue weighted by Gasteiger charge is 2.46. The maximum absolute atomic E-state index is 9.71. The number of fused-ring (bicyclic) bond motifs is 10. The van der Waals surface area contributed by atoms with E-state index in [2.05, 4.69) is 19.4 Å². The van der Waals surface area contributed by atoms with Crippen LogP contribution >= 0.6 is 0 Å². The summed E-state index contributed by atoms with van der Waals surface area (Å²) in [5, 5.41) is 6.99. The topological polar surface area (TPSA) is 41.3 Å². The molecule has 0 bridgehead atoms. The van der Waals surface area contributed by atoms with Crippen molar-refractivity contribution in [3.8, 4) is 33.6 Å². The first-order chi connectivity index (χ1) is 49.5. The second-order valence-electron chi connectivity index (χ2n) is 20.4. The number of para-hydroxylation sites is 4. The highest BCUT2D eigenvalue weighted by molar-refractivity contribution is 7.00. The molecule has 0 saturated carbocycles. The van der Waals surface area contributed by atoms with Gasteiger partial charge in [-0.05, 0) is 99.3 Å². The molecule has 0 amide bonds. The molecule has 83 heavy (non-hydrogen) atoms. The molecule has 3 aromatic heterocycles. The van der Waals surface area contributed by atoms with Gasteiger partial charge in [-0.15, -0.1) is 0 Å². The lowest BCUT2D eigenvalue weighted by Crippen LogP contribution is -2.62. The Bertz CT molecular complexity index is 5950. The molecule has 6 nitrogen and oxygen atoms in total. The van der Waals surface area contributed by atoms with Crippen LogP contribution in [-0.4, -0.2) is 27.4 Å². The van der Waals surface area contributed by atoms with Crippen LogP contribution in [0.15, 0.2) is 297 Å². The first kappa shape index (κ1) is 31.2. The number of dihydropyridines is 1. The van der Waals surface area contributed by atoms with Crippen molar-refractivity contribution in [1.82, 2.24) is 19.4 Å². The lowest BCUT2D eigenvalue weighted by molar-refractivity contribution is 0.969. The van der Waals surface area contributed by atoms with Crippen LogP contribution in [0.25, 0.3) is 88.4 Å². The molecule has 17 rings (SSSR count). The maximum Gasteiger partial charge on any atom is 0.252 e. The monoisotopic (exact) mass is 1080 g/mol. The number of pyridine rings is 1.